The van der Waals surface area contributed by atoms with Crippen LogP contribution < -0.4 is 0 Å². The number of carbonyl (C=O) groups is 2. The van der Waals surface area contributed by atoms with E-state index in [1.54, 1.807) is 0 Å². The van der Waals surface area contributed by atoms with Crippen LogP contribution in [0.5, 0.6) is 0 Å². The van der Waals surface area contributed by atoms with Gasteiger partial charge in [0.2, 0.25) is 0 Å². The number of carbonyl (C=O) groups excluding carboxylic acids is 2. The first kappa shape index (κ1) is 11.2. The average molecular weight is 218 g/mol. The van der Waals surface area contributed by atoms with E-state index in [1.165, 1.54) is 0 Å². The number of hydrogen-bond donors (Lipinski definition) is 0. The van der Waals surface area contributed by atoms with Crippen LogP contribution >= 0.6 is 0 Å². The molecule has 1 aromatic carbocycles. The van der Waals surface area contributed by atoms with Crippen molar-refractivity contribution < 1.29 is 27.5 Å². The molecule has 1 aromatic rings. The van der Waals surface area contributed by atoms with E-state index in [0.717, 1.165) is 18.2 Å². The molecule has 0 aliphatic heterocycles. The summed E-state index contributed by atoms with van der Waals surface area (Å²) in [6.45, 7) is -0.136. The number of benzene rings is 1. The highest BCUT2D eigenvalue weighted by Crippen LogP contribution is 2.29. The molecule has 0 unspecified atom stereocenters. The molecule has 3 nitrogen and oxygen atoms in total. The molecule has 0 saturated heterocycles. The van der Waals surface area contributed by atoms with Gasteiger partial charge in [-0.05, 0) is 18.2 Å². The molecule has 0 N–H and O–H groups in total. The van der Waals surface area contributed by atoms with Crippen molar-refractivity contribution in [2.45, 2.75) is 6.18 Å². The average Bonchev–Trinajstić information content (AvgIpc) is 2.17. The van der Waals surface area contributed by atoms with Crippen LogP contribution in [0, 0.1) is 0 Å². The summed E-state index contributed by atoms with van der Waals surface area (Å²) in [5.41, 5.74) is -1.29. The van der Waals surface area contributed by atoms with E-state index in [2.05, 4.69) is 4.74 Å². The zero-order valence-corrected chi connectivity index (χ0v) is 7.25. The molecule has 0 radical (unpaired) electrons. The van der Waals surface area contributed by atoms with Gasteiger partial charge in [-0.2, -0.15) is 13.2 Å². The Balaban J connectivity index is 3.03. The summed E-state index contributed by atoms with van der Waals surface area (Å²) in [5.74, 6) is -1.11. The summed E-state index contributed by atoms with van der Waals surface area (Å²) in [6.07, 6.45) is -4.53. The summed E-state index contributed by atoms with van der Waals surface area (Å²) in [6, 6.07) is 3.62. The number of alkyl halides is 3. The Bertz CT molecular complexity index is 384. The standard InChI is InChI=1S/C9H5F3O3/c10-9(11,12)7-3-1-2-6(4-7)8(14)15-5-13/h1-5H. The van der Waals surface area contributed by atoms with Crippen LogP contribution in [-0.4, -0.2) is 12.4 Å². The van der Waals surface area contributed by atoms with Crippen molar-refractivity contribution >= 4 is 12.4 Å². The minimum absolute atomic E-state index is 0.136. The first-order chi connectivity index (χ1) is 6.95. The maximum atomic E-state index is 12.2. The fourth-order valence-corrected chi connectivity index (χ4v) is 0.934. The van der Waals surface area contributed by atoms with Gasteiger partial charge in [0.25, 0.3) is 0 Å². The highest BCUT2D eigenvalue weighted by Gasteiger charge is 2.30. The van der Waals surface area contributed by atoms with E-state index in [9.17, 15) is 22.8 Å². The van der Waals surface area contributed by atoms with Crippen LogP contribution in [0.25, 0.3) is 0 Å². The Morgan fingerprint density at radius 3 is 2.53 bits per heavy atom. The first-order valence-electron chi connectivity index (χ1n) is 3.77. The predicted octanol–water partition coefficient (Wildman–Crippen LogP) is 2.02. The van der Waals surface area contributed by atoms with Crippen molar-refractivity contribution in [3.63, 3.8) is 0 Å². The van der Waals surface area contributed by atoms with E-state index in [1.807, 2.05) is 0 Å². The Labute approximate surface area is 82.5 Å². The molecule has 0 spiro atoms. The van der Waals surface area contributed by atoms with Gasteiger partial charge in [-0.15, -0.1) is 0 Å². The molecule has 0 aromatic heterocycles. The number of halogens is 3. The van der Waals surface area contributed by atoms with Gasteiger partial charge in [-0.3, -0.25) is 4.79 Å². The zero-order valence-electron chi connectivity index (χ0n) is 7.25. The summed E-state index contributed by atoms with van der Waals surface area (Å²) in [4.78, 5) is 20.7. The van der Waals surface area contributed by atoms with Crippen molar-refractivity contribution in [2.24, 2.45) is 0 Å². The maximum absolute atomic E-state index is 12.2. The molecule has 0 bridgehead atoms. The molecule has 0 fully saturated rings. The molecule has 0 atom stereocenters. The monoisotopic (exact) mass is 218 g/mol. The minimum atomic E-state index is -4.53. The van der Waals surface area contributed by atoms with Crippen molar-refractivity contribution in [3.8, 4) is 0 Å². The second kappa shape index (κ2) is 4.12. The van der Waals surface area contributed by atoms with Crippen molar-refractivity contribution in [3.05, 3.63) is 35.4 Å². The van der Waals surface area contributed by atoms with Crippen LogP contribution in [0.4, 0.5) is 13.2 Å². The Kier molecular flexibility index (Phi) is 3.08. The quantitative estimate of drug-likeness (QED) is 0.433. The molecular formula is C9H5F3O3. The lowest BCUT2D eigenvalue weighted by Crippen LogP contribution is -2.08. The number of rotatable bonds is 2. The molecule has 80 valence electrons. The summed E-state index contributed by atoms with van der Waals surface area (Å²) in [5, 5.41) is 0. The number of ether oxygens (including phenoxy) is 1. The van der Waals surface area contributed by atoms with Gasteiger partial charge in [-0.1, -0.05) is 6.07 Å². The van der Waals surface area contributed by atoms with Crippen molar-refractivity contribution in [2.75, 3.05) is 0 Å². The van der Waals surface area contributed by atoms with Crippen LogP contribution in [0.2, 0.25) is 0 Å². The second-order valence-corrected chi connectivity index (χ2v) is 2.58. The van der Waals surface area contributed by atoms with Crippen LogP contribution in [0.1, 0.15) is 15.9 Å². The van der Waals surface area contributed by atoms with Gasteiger partial charge in [-0.25, -0.2) is 4.79 Å². The normalized spacial score (nSPS) is 10.9. The highest BCUT2D eigenvalue weighted by molar-refractivity contribution is 5.93. The molecule has 0 amide bonds. The molecule has 0 aliphatic carbocycles. The van der Waals surface area contributed by atoms with Gasteiger partial charge in [0.15, 0.2) is 0 Å². The minimum Gasteiger partial charge on any atom is -0.392 e. The molecule has 0 aliphatic rings. The third-order valence-corrected chi connectivity index (χ3v) is 1.58. The lowest BCUT2D eigenvalue weighted by atomic mass is 10.1. The molecule has 6 heteroatoms. The number of esters is 1. The maximum Gasteiger partial charge on any atom is 0.416 e. The fourth-order valence-electron chi connectivity index (χ4n) is 0.934. The van der Waals surface area contributed by atoms with E-state index in [0.29, 0.717) is 6.07 Å². The van der Waals surface area contributed by atoms with E-state index < -0.39 is 17.7 Å². The highest BCUT2D eigenvalue weighted by atomic mass is 19.4. The van der Waals surface area contributed by atoms with Crippen molar-refractivity contribution in [1.82, 2.24) is 0 Å². The smallest absolute Gasteiger partial charge is 0.392 e. The summed E-state index contributed by atoms with van der Waals surface area (Å²) >= 11 is 0. The molecule has 15 heavy (non-hydrogen) atoms. The van der Waals surface area contributed by atoms with E-state index in [-0.39, 0.29) is 12.0 Å². The Morgan fingerprint density at radius 1 is 1.33 bits per heavy atom. The van der Waals surface area contributed by atoms with Gasteiger partial charge in [0.1, 0.15) is 0 Å². The van der Waals surface area contributed by atoms with E-state index in [4.69, 9.17) is 0 Å². The molecular weight excluding hydrogens is 213 g/mol. The topological polar surface area (TPSA) is 43.4 Å². The van der Waals surface area contributed by atoms with Gasteiger partial charge in [0.05, 0.1) is 11.1 Å². The van der Waals surface area contributed by atoms with Crippen LogP contribution in [0.3, 0.4) is 0 Å². The predicted molar refractivity (Wildman–Crippen MR) is 42.9 cm³/mol. The fraction of sp³-hybridized carbons (Fsp3) is 0.111. The third kappa shape index (κ3) is 2.80. The number of hydrogen-bond acceptors (Lipinski definition) is 3. The van der Waals surface area contributed by atoms with Crippen molar-refractivity contribution in [1.29, 1.82) is 0 Å². The molecule has 0 saturated carbocycles. The second-order valence-electron chi connectivity index (χ2n) is 2.58. The lowest BCUT2D eigenvalue weighted by Gasteiger charge is -2.06. The largest absolute Gasteiger partial charge is 0.416 e. The lowest BCUT2D eigenvalue weighted by molar-refractivity contribution is -0.137. The first-order valence-corrected chi connectivity index (χ1v) is 3.77. The SMILES string of the molecule is O=COC(=O)c1cccc(C(F)(F)F)c1. The zero-order chi connectivity index (χ0) is 11.5. The molecule has 1 rings (SSSR count). The van der Waals surface area contributed by atoms with Gasteiger partial charge < -0.3 is 4.74 Å². The Morgan fingerprint density at radius 2 is 2.00 bits per heavy atom. The summed E-state index contributed by atoms with van der Waals surface area (Å²) in [7, 11) is 0. The molecule has 0 heterocycles. The summed E-state index contributed by atoms with van der Waals surface area (Å²) < 4.78 is 40.5. The third-order valence-electron chi connectivity index (χ3n) is 1.58. The van der Waals surface area contributed by atoms with Gasteiger partial charge in [0, 0.05) is 0 Å². The van der Waals surface area contributed by atoms with E-state index >= 15 is 0 Å². The van der Waals surface area contributed by atoms with Crippen LogP contribution in [0.15, 0.2) is 24.3 Å². The van der Waals surface area contributed by atoms with Crippen LogP contribution in [-0.2, 0) is 15.7 Å². The Hall–Kier alpha value is -1.85. The van der Waals surface area contributed by atoms with Gasteiger partial charge >= 0.3 is 18.6 Å².